The summed E-state index contributed by atoms with van der Waals surface area (Å²) in [5, 5.41) is 3.18. The number of aromatic nitrogens is 12. The third-order valence-electron chi connectivity index (χ3n) is 18.8. The van der Waals surface area contributed by atoms with E-state index in [0.717, 1.165) is 18.2 Å². The number of ketones is 4. The summed E-state index contributed by atoms with van der Waals surface area (Å²) in [4.78, 5) is 96.8. The van der Waals surface area contributed by atoms with Gasteiger partial charge in [-0.1, -0.05) is 81.7 Å². The average Bonchev–Trinajstić information content (AvgIpc) is 1.73. The molecule has 0 amide bonds. The van der Waals surface area contributed by atoms with Crippen LogP contribution in [0.4, 0.5) is 40.3 Å². The number of aromatic amines is 4. The number of nitrogens with zero attached hydrogens (tertiary/aromatic N) is 8. The van der Waals surface area contributed by atoms with Gasteiger partial charge in [0, 0.05) is 116 Å². The number of ether oxygens (including phenoxy) is 1. The van der Waals surface area contributed by atoms with Crippen LogP contribution in [-0.4, -0.2) is 124 Å². The van der Waals surface area contributed by atoms with E-state index >= 15 is 0 Å². The van der Waals surface area contributed by atoms with Crippen LogP contribution >= 0.6 is 69.6 Å². The van der Waals surface area contributed by atoms with Crippen LogP contribution in [0.3, 0.4) is 0 Å². The van der Waals surface area contributed by atoms with E-state index in [4.69, 9.17) is 74.3 Å². The number of nitrogens with one attached hydrogen (secondary N) is 8. The average molecular weight is 1910 g/mol. The number of carbonyl (C=O) groups excluding carboxylic acids is 4. The van der Waals surface area contributed by atoms with Crippen LogP contribution in [0.5, 0.6) is 5.75 Å². The standard InChI is InChI=1S/C23H19F3N4O4S.C20H13Cl3N4O3S.C20H14Cl2N4O3S.C20H14ClFN4O3S/c1-12-8-17(30-35(32,33)14-5-4-13(2)16(9-14)23(24,25)26)20(28-10-12)21(31)19-15-6-7-27-22(15)29-11-18(19)34-3;1-10-15(22)7-12(8-16(10)23)31(29,30)27-17-6-11(21)9-26-18(17)19(28)13-2-4-24-20-14(13)3-5-25-20;1-11-8-17(26-30(28,29)12-2-3-15(21)16(22)9-12)18(25-10-11)19(27)13-4-6-23-20-14(13)5-7-24-20;1-11-2-3-13(9-16(11)22)30(28,29)26-17-8-12(21)10-25-18(17)19(27)14-4-6-23-20-15(14)5-7-24-20/h4-11,30H,1-3H3,(H,27,29);2-9,27H,1H3,(H,24,25);2*2-10,26H,1H3,(H,23,24). The molecule has 0 saturated heterocycles. The van der Waals surface area contributed by atoms with Gasteiger partial charge >= 0.3 is 6.18 Å². The van der Waals surface area contributed by atoms with Crippen molar-refractivity contribution in [3.63, 3.8) is 0 Å². The van der Waals surface area contributed by atoms with Crippen LogP contribution in [0.2, 0.25) is 30.1 Å². The number of pyridine rings is 8. The summed E-state index contributed by atoms with van der Waals surface area (Å²) in [6.45, 7) is 7.80. The molecule has 16 rings (SSSR count). The predicted octanol–water partition coefficient (Wildman–Crippen LogP) is 18.6. The summed E-state index contributed by atoms with van der Waals surface area (Å²) in [6, 6.07) is 29.6. The van der Waals surface area contributed by atoms with Gasteiger partial charge in [-0.05, 0) is 184 Å². The van der Waals surface area contributed by atoms with Crippen LogP contribution in [0.15, 0.2) is 227 Å². The normalized spacial score (nSPS) is 11.7. The minimum absolute atomic E-state index is 0.0297. The zero-order valence-electron chi connectivity index (χ0n) is 65.4. The first-order valence-corrected chi connectivity index (χ1v) is 44.5. The number of hydrogen-bond acceptors (Lipinski definition) is 21. The molecule has 43 heteroatoms. The molecule has 0 atom stereocenters. The van der Waals surface area contributed by atoms with E-state index in [1.54, 1.807) is 82.0 Å². The Bertz CT molecular complexity index is 7360. The monoisotopic (exact) mass is 1900 g/mol. The number of sulfonamides is 4. The quantitative estimate of drug-likeness (QED) is 0.0245. The molecule has 0 fully saturated rings. The van der Waals surface area contributed by atoms with Crippen molar-refractivity contribution in [1.82, 2.24) is 59.8 Å². The van der Waals surface area contributed by atoms with Crippen molar-refractivity contribution < 1.29 is 75.1 Å². The molecule has 0 saturated carbocycles. The zero-order chi connectivity index (χ0) is 90.8. The van der Waals surface area contributed by atoms with Gasteiger partial charge in [0.2, 0.25) is 23.1 Å². The lowest BCUT2D eigenvalue weighted by molar-refractivity contribution is -0.138. The molecule has 16 aromatic rings. The Kier molecular flexibility index (Phi) is 26.5. The van der Waals surface area contributed by atoms with Crippen LogP contribution in [0.25, 0.3) is 44.1 Å². The smallest absolute Gasteiger partial charge is 0.416 e. The SMILES string of the molecule is COc1cnc2[nH]ccc2c1C(=O)c1ncc(C)cc1NS(=O)(=O)c1ccc(C)c(C(F)(F)F)c1.Cc1c(Cl)cc(S(=O)(=O)Nc2cc(Cl)cnc2C(=O)c2ccnc3[nH]ccc23)cc1Cl.Cc1ccc(S(=O)(=O)Nc2cc(Cl)cnc2C(=O)c2ccnc3[nH]ccc23)cc1F.Cc1cnc(C(=O)c2ccnc3[nH]ccc23)c(NS(=O)(=O)c2ccc(Cl)c(Cl)c2)c1. The van der Waals surface area contributed by atoms with Crippen molar-refractivity contribution in [2.45, 2.75) is 60.4 Å². The van der Waals surface area contributed by atoms with Crippen LogP contribution in [0.1, 0.15) is 97.6 Å². The molecule has 8 N–H and O–H groups in total. The third-order valence-corrected chi connectivity index (χ3v) is 26.1. The minimum atomic E-state index is -4.73. The molecular weight excluding hydrogens is 1850 g/mol. The van der Waals surface area contributed by atoms with Crippen molar-refractivity contribution in [1.29, 1.82) is 0 Å². The third kappa shape index (κ3) is 19.8. The zero-order valence-corrected chi connectivity index (χ0v) is 73.2. The number of benzene rings is 4. The molecule has 0 bridgehead atoms. The predicted molar refractivity (Wildman–Crippen MR) is 469 cm³/mol. The summed E-state index contributed by atoms with van der Waals surface area (Å²) in [5.41, 5.74) is 3.02. The lowest BCUT2D eigenvalue weighted by Crippen LogP contribution is -2.19. The Labute approximate surface area is 743 Å². The Morgan fingerprint density at radius 1 is 0.373 bits per heavy atom. The Balaban J connectivity index is 0.000000144. The maximum atomic E-state index is 13.9. The number of halogens is 10. The molecule has 0 spiro atoms. The fourth-order valence-electron chi connectivity index (χ4n) is 12.5. The number of H-pyrrole nitrogens is 4. The summed E-state index contributed by atoms with van der Waals surface area (Å²) < 4.78 is 172. The van der Waals surface area contributed by atoms with Gasteiger partial charge in [0.05, 0.1) is 86.9 Å². The van der Waals surface area contributed by atoms with Crippen LogP contribution in [-0.2, 0) is 46.3 Å². The molecule has 644 valence electrons. The number of aryl methyl sites for hydroxylation is 4. The molecule has 12 aromatic heterocycles. The summed E-state index contributed by atoms with van der Waals surface area (Å²) in [7, 11) is -15.5. The molecule has 0 radical (unpaired) electrons. The highest BCUT2D eigenvalue weighted by Crippen LogP contribution is 2.38. The van der Waals surface area contributed by atoms with Gasteiger partial charge < -0.3 is 24.7 Å². The van der Waals surface area contributed by atoms with Gasteiger partial charge in [0.25, 0.3) is 40.1 Å². The second-order valence-electron chi connectivity index (χ2n) is 27.4. The molecule has 0 aliphatic carbocycles. The molecule has 0 unspecified atom stereocenters. The first kappa shape index (κ1) is 90.9. The van der Waals surface area contributed by atoms with Gasteiger partial charge in [0.1, 0.15) is 56.9 Å². The number of anilines is 4. The lowest BCUT2D eigenvalue weighted by Gasteiger charge is -2.15. The van der Waals surface area contributed by atoms with Crippen molar-refractivity contribution in [2.24, 2.45) is 0 Å². The highest BCUT2D eigenvalue weighted by Gasteiger charge is 2.35. The number of fused-ring (bicyclic) bond motifs is 4. The van der Waals surface area contributed by atoms with Gasteiger partial charge in [-0.25, -0.2) is 68.0 Å². The van der Waals surface area contributed by atoms with E-state index < -0.39 is 85.7 Å². The number of alkyl halides is 3. The molecule has 4 aromatic carbocycles. The van der Waals surface area contributed by atoms with Crippen molar-refractivity contribution in [3.05, 3.63) is 322 Å². The fraction of sp³-hybridized carbons (Fsp3) is 0.0843. The maximum Gasteiger partial charge on any atom is 0.416 e. The second kappa shape index (κ2) is 36.8. The summed E-state index contributed by atoms with van der Waals surface area (Å²) in [5.74, 6) is -2.63. The molecule has 29 nitrogen and oxygen atoms in total. The van der Waals surface area contributed by atoms with Crippen molar-refractivity contribution in [3.8, 4) is 5.75 Å². The van der Waals surface area contributed by atoms with Gasteiger partial charge in [0.15, 0.2) is 0 Å². The van der Waals surface area contributed by atoms with E-state index in [2.05, 4.69) is 78.7 Å². The number of rotatable bonds is 21. The highest BCUT2D eigenvalue weighted by atomic mass is 35.5. The number of methoxy groups -OCH3 is 1. The fourth-order valence-corrected chi connectivity index (χ4v) is 18.1. The van der Waals surface area contributed by atoms with Crippen molar-refractivity contribution >= 4 is 200 Å². The minimum Gasteiger partial charge on any atom is -0.494 e. The number of carbonyl (C=O) groups is 4. The first-order valence-electron chi connectivity index (χ1n) is 36.3. The molecule has 12 heterocycles. The molecule has 126 heavy (non-hydrogen) atoms. The largest absolute Gasteiger partial charge is 0.494 e. The van der Waals surface area contributed by atoms with E-state index in [1.165, 1.54) is 143 Å². The van der Waals surface area contributed by atoms with E-state index in [0.29, 0.717) is 83.6 Å². The topological polar surface area (TPSA) is 428 Å². The van der Waals surface area contributed by atoms with E-state index in [9.17, 15) is 70.4 Å². The van der Waals surface area contributed by atoms with Gasteiger partial charge in [-0.2, -0.15) is 13.2 Å². The Hall–Kier alpha value is -12.8. The second-order valence-corrected chi connectivity index (χ2v) is 36.6. The van der Waals surface area contributed by atoms with Crippen molar-refractivity contribution in [2.75, 3.05) is 26.0 Å². The summed E-state index contributed by atoms with van der Waals surface area (Å²) >= 11 is 36.0. The van der Waals surface area contributed by atoms with E-state index in [-0.39, 0.29) is 113 Å². The highest BCUT2D eigenvalue weighted by molar-refractivity contribution is 7.93. The van der Waals surface area contributed by atoms with Crippen LogP contribution in [0, 0.1) is 40.4 Å². The lowest BCUT2D eigenvalue weighted by atomic mass is 10.0. The molecular formula is C83H60Cl6F4N16O13S4. The van der Waals surface area contributed by atoms with E-state index in [1.807, 2.05) is 0 Å². The van der Waals surface area contributed by atoms with Gasteiger partial charge in [-0.15, -0.1) is 0 Å². The molecule has 0 aliphatic rings. The number of hydrogen-bond donors (Lipinski definition) is 8. The first-order chi connectivity index (χ1) is 59.6. The molecule has 0 aliphatic heterocycles. The maximum absolute atomic E-state index is 13.9. The van der Waals surface area contributed by atoms with Gasteiger partial charge in [-0.3, -0.25) is 48.0 Å². The summed E-state index contributed by atoms with van der Waals surface area (Å²) in [6.07, 6.45) is 13.0. The Morgan fingerprint density at radius 3 is 1.14 bits per heavy atom. The van der Waals surface area contributed by atoms with Crippen LogP contribution < -0.4 is 23.6 Å². The Morgan fingerprint density at radius 2 is 0.730 bits per heavy atom.